The molecule has 0 aliphatic rings. The maximum Gasteiger partial charge on any atom is 0.337 e. The number of ether oxygens (including phenoxy) is 2. The van der Waals surface area contributed by atoms with Gasteiger partial charge in [0.05, 0.1) is 19.6 Å². The second-order valence-corrected chi connectivity index (χ2v) is 4.44. The van der Waals surface area contributed by atoms with Crippen LogP contribution in [0.4, 0.5) is 5.95 Å². The third-order valence-corrected chi connectivity index (χ3v) is 2.63. The molecular formula is C13H15ClN4O3. The van der Waals surface area contributed by atoms with Gasteiger partial charge in [-0.1, -0.05) is 17.7 Å². The van der Waals surface area contributed by atoms with Crippen molar-refractivity contribution < 1.29 is 14.3 Å². The molecule has 0 saturated heterocycles. The average molecular weight is 311 g/mol. The van der Waals surface area contributed by atoms with Crippen LogP contribution in [0.25, 0.3) is 0 Å². The Kier molecular flexibility index (Phi) is 5.39. The lowest BCUT2D eigenvalue weighted by Crippen LogP contribution is -2.16. The Labute approximate surface area is 126 Å². The van der Waals surface area contributed by atoms with E-state index in [-0.39, 0.29) is 30.9 Å². The highest BCUT2D eigenvalue weighted by Crippen LogP contribution is 2.17. The SMILES string of the molecule is CCOc1n[nH]c(NC(=O)CCOc2cccc(Cl)c2)n1. The predicted octanol–water partition coefficient (Wildman–Crippen LogP) is 2.26. The highest BCUT2D eigenvalue weighted by Gasteiger charge is 2.08. The quantitative estimate of drug-likeness (QED) is 0.819. The second-order valence-electron chi connectivity index (χ2n) is 4.00. The number of amides is 1. The van der Waals surface area contributed by atoms with E-state index in [0.717, 1.165) is 0 Å². The van der Waals surface area contributed by atoms with Crippen LogP contribution in [-0.4, -0.2) is 34.3 Å². The number of carbonyl (C=O) groups is 1. The molecule has 0 saturated carbocycles. The topological polar surface area (TPSA) is 89.1 Å². The molecule has 112 valence electrons. The van der Waals surface area contributed by atoms with Gasteiger partial charge in [-0.25, -0.2) is 5.10 Å². The van der Waals surface area contributed by atoms with Gasteiger partial charge in [0.25, 0.3) is 0 Å². The van der Waals surface area contributed by atoms with E-state index in [1.165, 1.54) is 0 Å². The Hall–Kier alpha value is -2.28. The smallest absolute Gasteiger partial charge is 0.337 e. The van der Waals surface area contributed by atoms with Crippen molar-refractivity contribution in [2.75, 3.05) is 18.5 Å². The fourth-order valence-corrected chi connectivity index (χ4v) is 1.69. The van der Waals surface area contributed by atoms with Gasteiger partial charge in [-0.05, 0) is 25.1 Å². The molecule has 2 aromatic rings. The molecule has 1 aromatic carbocycles. The molecule has 0 aliphatic carbocycles. The summed E-state index contributed by atoms with van der Waals surface area (Å²) in [6, 6.07) is 7.18. The van der Waals surface area contributed by atoms with Gasteiger partial charge < -0.3 is 9.47 Å². The fraction of sp³-hybridized carbons (Fsp3) is 0.308. The second kappa shape index (κ2) is 7.49. The van der Waals surface area contributed by atoms with Gasteiger partial charge in [-0.2, -0.15) is 4.98 Å². The van der Waals surface area contributed by atoms with E-state index in [4.69, 9.17) is 21.1 Å². The van der Waals surface area contributed by atoms with E-state index in [0.29, 0.717) is 17.4 Å². The van der Waals surface area contributed by atoms with E-state index in [1.807, 2.05) is 6.92 Å². The van der Waals surface area contributed by atoms with E-state index in [9.17, 15) is 4.79 Å². The largest absolute Gasteiger partial charge is 0.493 e. The Balaban J connectivity index is 1.74. The molecule has 8 heteroatoms. The van der Waals surface area contributed by atoms with Crippen LogP contribution in [0.2, 0.25) is 5.02 Å². The molecule has 21 heavy (non-hydrogen) atoms. The minimum atomic E-state index is -0.240. The van der Waals surface area contributed by atoms with Crippen molar-refractivity contribution in [1.82, 2.24) is 15.2 Å². The standard InChI is InChI=1S/C13H15ClN4O3/c1-2-20-13-16-12(17-18-13)15-11(19)6-7-21-10-5-3-4-9(14)8-10/h3-5,8H,2,6-7H2,1H3,(H2,15,16,17,18,19). The molecule has 0 radical (unpaired) electrons. The van der Waals surface area contributed by atoms with Gasteiger partial charge in [0.15, 0.2) is 0 Å². The Bertz CT molecular complexity index is 603. The first-order chi connectivity index (χ1) is 10.2. The van der Waals surface area contributed by atoms with Crippen molar-refractivity contribution in [3.63, 3.8) is 0 Å². The molecule has 7 nitrogen and oxygen atoms in total. The minimum Gasteiger partial charge on any atom is -0.493 e. The molecule has 0 fully saturated rings. The van der Waals surface area contributed by atoms with Crippen molar-refractivity contribution in [2.24, 2.45) is 0 Å². The number of aromatic amines is 1. The minimum absolute atomic E-state index is 0.178. The molecule has 1 heterocycles. The van der Waals surface area contributed by atoms with E-state index in [1.54, 1.807) is 24.3 Å². The van der Waals surface area contributed by atoms with Gasteiger partial charge in [0, 0.05) is 5.02 Å². The molecule has 2 rings (SSSR count). The number of H-pyrrole nitrogens is 1. The lowest BCUT2D eigenvalue weighted by atomic mass is 10.3. The number of aromatic nitrogens is 3. The predicted molar refractivity (Wildman–Crippen MR) is 77.7 cm³/mol. The highest BCUT2D eigenvalue weighted by atomic mass is 35.5. The van der Waals surface area contributed by atoms with Gasteiger partial charge in [-0.15, -0.1) is 5.10 Å². The number of halogens is 1. The number of rotatable bonds is 7. The Morgan fingerprint density at radius 1 is 1.43 bits per heavy atom. The summed E-state index contributed by atoms with van der Waals surface area (Å²) in [4.78, 5) is 15.6. The third kappa shape index (κ3) is 4.96. The van der Waals surface area contributed by atoms with E-state index in [2.05, 4.69) is 20.5 Å². The number of carbonyl (C=O) groups excluding carboxylic acids is 1. The maximum absolute atomic E-state index is 11.7. The number of hydrogen-bond acceptors (Lipinski definition) is 5. The molecule has 1 amide bonds. The van der Waals surface area contributed by atoms with Gasteiger partial charge >= 0.3 is 6.01 Å². The molecule has 0 atom stereocenters. The maximum atomic E-state index is 11.7. The summed E-state index contributed by atoms with van der Waals surface area (Å²) in [5.41, 5.74) is 0. The first kappa shape index (κ1) is 15.1. The van der Waals surface area contributed by atoms with Crippen molar-refractivity contribution >= 4 is 23.5 Å². The normalized spacial score (nSPS) is 10.2. The van der Waals surface area contributed by atoms with Crippen molar-refractivity contribution in [2.45, 2.75) is 13.3 Å². The first-order valence-corrected chi connectivity index (χ1v) is 6.78. The molecule has 0 spiro atoms. The van der Waals surface area contributed by atoms with Gasteiger partial charge in [-0.3, -0.25) is 10.1 Å². The van der Waals surface area contributed by atoms with Crippen LogP contribution < -0.4 is 14.8 Å². The van der Waals surface area contributed by atoms with Gasteiger partial charge in [0.1, 0.15) is 5.75 Å². The summed E-state index contributed by atoms with van der Waals surface area (Å²) < 4.78 is 10.5. The number of hydrogen-bond donors (Lipinski definition) is 2. The molecule has 0 bridgehead atoms. The fourth-order valence-electron chi connectivity index (χ4n) is 1.51. The van der Waals surface area contributed by atoms with Crippen LogP contribution in [0.5, 0.6) is 11.8 Å². The Morgan fingerprint density at radius 3 is 3.05 bits per heavy atom. The number of benzene rings is 1. The van der Waals surface area contributed by atoms with E-state index < -0.39 is 0 Å². The molecular weight excluding hydrogens is 296 g/mol. The zero-order valence-corrected chi connectivity index (χ0v) is 12.2. The van der Waals surface area contributed by atoms with Crippen LogP contribution in [-0.2, 0) is 4.79 Å². The summed E-state index contributed by atoms with van der Waals surface area (Å²) in [5.74, 6) is 0.621. The lowest BCUT2D eigenvalue weighted by molar-refractivity contribution is -0.116. The van der Waals surface area contributed by atoms with Crippen LogP contribution in [0, 0.1) is 0 Å². The van der Waals surface area contributed by atoms with Crippen LogP contribution in [0.3, 0.4) is 0 Å². The molecule has 1 aromatic heterocycles. The summed E-state index contributed by atoms with van der Waals surface area (Å²) in [5, 5.41) is 9.49. The van der Waals surface area contributed by atoms with Crippen molar-refractivity contribution in [3.8, 4) is 11.8 Å². The Morgan fingerprint density at radius 2 is 2.29 bits per heavy atom. The summed E-state index contributed by atoms with van der Waals surface area (Å²) >= 11 is 5.83. The number of anilines is 1. The number of nitrogens with zero attached hydrogens (tertiary/aromatic N) is 2. The van der Waals surface area contributed by atoms with E-state index >= 15 is 0 Å². The molecule has 2 N–H and O–H groups in total. The van der Waals surface area contributed by atoms with Crippen LogP contribution in [0.15, 0.2) is 24.3 Å². The molecule has 0 unspecified atom stereocenters. The van der Waals surface area contributed by atoms with Gasteiger partial charge in [0.2, 0.25) is 11.9 Å². The zero-order chi connectivity index (χ0) is 15.1. The first-order valence-electron chi connectivity index (χ1n) is 6.41. The van der Waals surface area contributed by atoms with Crippen molar-refractivity contribution in [1.29, 1.82) is 0 Å². The molecule has 0 aliphatic heterocycles. The summed E-state index contributed by atoms with van der Waals surface area (Å²) in [6.45, 7) is 2.51. The van der Waals surface area contributed by atoms with Crippen LogP contribution >= 0.6 is 11.6 Å². The number of nitrogens with one attached hydrogen (secondary N) is 2. The third-order valence-electron chi connectivity index (χ3n) is 2.39. The van der Waals surface area contributed by atoms with Crippen molar-refractivity contribution in [3.05, 3.63) is 29.3 Å². The summed E-state index contributed by atoms with van der Waals surface area (Å²) in [6.07, 6.45) is 0.178. The highest BCUT2D eigenvalue weighted by molar-refractivity contribution is 6.30. The average Bonchev–Trinajstić information content (AvgIpc) is 2.86. The zero-order valence-electron chi connectivity index (χ0n) is 11.4. The van der Waals surface area contributed by atoms with Crippen LogP contribution in [0.1, 0.15) is 13.3 Å². The lowest BCUT2D eigenvalue weighted by Gasteiger charge is -2.06. The summed E-state index contributed by atoms with van der Waals surface area (Å²) in [7, 11) is 0. The monoisotopic (exact) mass is 310 g/mol.